The minimum Gasteiger partial charge on any atom is -0.368 e. The Bertz CT molecular complexity index is 1390. The Morgan fingerprint density at radius 1 is 1.16 bits per heavy atom. The number of aromatic amines is 1. The number of benzene rings is 2. The van der Waals surface area contributed by atoms with Gasteiger partial charge in [-0.25, -0.2) is 8.42 Å². The van der Waals surface area contributed by atoms with Crippen LogP contribution in [-0.4, -0.2) is 41.2 Å². The van der Waals surface area contributed by atoms with Crippen LogP contribution in [0, 0.1) is 0 Å². The fraction of sp³-hybridized carbons (Fsp3) is 0.150. The number of para-hydroxylation sites is 1. The number of H-pyrrole nitrogens is 1. The Labute approximate surface area is 186 Å². The van der Waals surface area contributed by atoms with Crippen molar-refractivity contribution in [2.24, 2.45) is 0 Å². The molecule has 0 saturated heterocycles. The van der Waals surface area contributed by atoms with Gasteiger partial charge in [0.25, 0.3) is 10.0 Å². The number of hydrogen-bond acceptors (Lipinski definition) is 7. The van der Waals surface area contributed by atoms with Crippen molar-refractivity contribution in [2.75, 3.05) is 21.9 Å². The molecule has 0 spiro atoms. The van der Waals surface area contributed by atoms with Gasteiger partial charge in [-0.1, -0.05) is 40.2 Å². The number of anilines is 3. The molecule has 4 N–H and O–H groups in total. The molecule has 0 aliphatic carbocycles. The summed E-state index contributed by atoms with van der Waals surface area (Å²) in [6.45, 7) is 0.231. The van der Waals surface area contributed by atoms with Gasteiger partial charge in [-0.05, 0) is 36.2 Å². The molecule has 9 nitrogen and oxygen atoms in total. The van der Waals surface area contributed by atoms with Crippen LogP contribution in [0.25, 0.3) is 11.0 Å². The van der Waals surface area contributed by atoms with E-state index < -0.39 is 10.0 Å². The molecule has 0 fully saturated rings. The fourth-order valence-electron chi connectivity index (χ4n) is 3.79. The van der Waals surface area contributed by atoms with Gasteiger partial charge in [-0.2, -0.15) is 15.1 Å². The zero-order chi connectivity index (χ0) is 21.6. The summed E-state index contributed by atoms with van der Waals surface area (Å²) in [7, 11) is -3.78. The molecule has 3 heterocycles. The van der Waals surface area contributed by atoms with Gasteiger partial charge < -0.3 is 11.1 Å². The summed E-state index contributed by atoms with van der Waals surface area (Å²) in [5, 5.41) is 10.8. The standard InChI is InChI=1S/C20H18BrN7O2S/c21-13-5-3-6-15(9-13)31(29,30)28-11-14(8-12-4-1-2-7-17(12)28)24-18-16-10-23-27-19(16)26-20(22)25-18/h1-7,9-10,14H,8,11H2,(H4,22,23,24,25,26,27). The summed E-state index contributed by atoms with van der Waals surface area (Å²) in [4.78, 5) is 8.65. The average Bonchev–Trinajstić information content (AvgIpc) is 3.22. The number of halogens is 1. The van der Waals surface area contributed by atoms with E-state index in [1.807, 2.05) is 24.3 Å². The zero-order valence-corrected chi connectivity index (χ0v) is 18.6. The Kier molecular flexibility index (Phi) is 4.78. The largest absolute Gasteiger partial charge is 0.368 e. The number of aromatic nitrogens is 4. The Morgan fingerprint density at radius 3 is 2.84 bits per heavy atom. The van der Waals surface area contributed by atoms with Crippen LogP contribution >= 0.6 is 15.9 Å². The van der Waals surface area contributed by atoms with Crippen molar-refractivity contribution in [3.8, 4) is 0 Å². The van der Waals surface area contributed by atoms with E-state index in [4.69, 9.17) is 5.73 Å². The average molecular weight is 500 g/mol. The zero-order valence-electron chi connectivity index (χ0n) is 16.2. The predicted molar refractivity (Wildman–Crippen MR) is 122 cm³/mol. The van der Waals surface area contributed by atoms with Crippen LogP contribution < -0.4 is 15.4 Å². The van der Waals surface area contributed by atoms with E-state index >= 15 is 0 Å². The highest BCUT2D eigenvalue weighted by molar-refractivity contribution is 9.10. The van der Waals surface area contributed by atoms with Crippen LogP contribution in [0.4, 0.5) is 17.5 Å². The number of nitrogens with two attached hydrogens (primary N) is 1. The molecular formula is C20H18BrN7O2S. The Balaban J connectivity index is 1.54. The van der Waals surface area contributed by atoms with Crippen molar-refractivity contribution < 1.29 is 8.42 Å². The van der Waals surface area contributed by atoms with E-state index in [-0.39, 0.29) is 23.4 Å². The van der Waals surface area contributed by atoms with E-state index in [1.165, 1.54) is 4.31 Å². The molecule has 11 heteroatoms. The maximum Gasteiger partial charge on any atom is 0.264 e. The minimum atomic E-state index is -3.78. The van der Waals surface area contributed by atoms with Crippen molar-refractivity contribution in [1.29, 1.82) is 0 Å². The molecule has 2 aromatic carbocycles. The van der Waals surface area contributed by atoms with Crippen LogP contribution in [-0.2, 0) is 16.4 Å². The first-order chi connectivity index (χ1) is 14.9. The lowest BCUT2D eigenvalue weighted by Gasteiger charge is -2.35. The second-order valence-corrected chi connectivity index (χ2v) is 10.0. The van der Waals surface area contributed by atoms with Gasteiger partial charge in [0.15, 0.2) is 5.65 Å². The number of nitrogens with zero attached hydrogens (tertiary/aromatic N) is 4. The molecule has 0 bridgehead atoms. The number of hydrogen-bond donors (Lipinski definition) is 3. The van der Waals surface area contributed by atoms with Crippen molar-refractivity contribution in [3.05, 3.63) is 64.8 Å². The minimum absolute atomic E-state index is 0.106. The van der Waals surface area contributed by atoms with Crippen LogP contribution in [0.2, 0.25) is 0 Å². The van der Waals surface area contributed by atoms with E-state index in [0.29, 0.717) is 33.4 Å². The van der Waals surface area contributed by atoms with E-state index in [0.717, 1.165) is 5.56 Å². The summed E-state index contributed by atoms with van der Waals surface area (Å²) in [6, 6.07) is 14.0. The fourth-order valence-corrected chi connectivity index (χ4v) is 5.93. The summed E-state index contributed by atoms with van der Waals surface area (Å²) in [5.41, 5.74) is 7.95. The van der Waals surface area contributed by atoms with Gasteiger partial charge >= 0.3 is 0 Å². The number of nitrogens with one attached hydrogen (secondary N) is 2. The van der Waals surface area contributed by atoms with Crippen molar-refractivity contribution >= 4 is 54.4 Å². The highest BCUT2D eigenvalue weighted by Crippen LogP contribution is 2.34. The predicted octanol–water partition coefficient (Wildman–Crippen LogP) is 2.93. The topological polar surface area (TPSA) is 130 Å². The van der Waals surface area contributed by atoms with Gasteiger partial charge in [0.05, 0.1) is 34.8 Å². The summed E-state index contributed by atoms with van der Waals surface area (Å²) in [6.07, 6.45) is 2.24. The molecule has 1 aliphatic rings. The second kappa shape index (κ2) is 7.50. The molecular weight excluding hydrogens is 482 g/mol. The number of rotatable bonds is 4. The van der Waals surface area contributed by atoms with Crippen LogP contribution in [0.5, 0.6) is 0 Å². The molecule has 158 valence electrons. The maximum absolute atomic E-state index is 13.5. The highest BCUT2D eigenvalue weighted by Gasteiger charge is 2.33. The summed E-state index contributed by atoms with van der Waals surface area (Å²) >= 11 is 3.36. The van der Waals surface area contributed by atoms with Gasteiger partial charge in [0.1, 0.15) is 5.82 Å². The molecule has 5 rings (SSSR count). The lowest BCUT2D eigenvalue weighted by Crippen LogP contribution is -2.45. The van der Waals surface area contributed by atoms with Gasteiger partial charge in [-0.15, -0.1) is 0 Å². The second-order valence-electron chi connectivity index (χ2n) is 7.23. The Morgan fingerprint density at radius 2 is 2.00 bits per heavy atom. The molecule has 1 unspecified atom stereocenters. The number of sulfonamides is 1. The maximum atomic E-state index is 13.5. The molecule has 31 heavy (non-hydrogen) atoms. The van der Waals surface area contributed by atoms with Crippen molar-refractivity contribution in [3.63, 3.8) is 0 Å². The molecule has 1 atom stereocenters. The smallest absolute Gasteiger partial charge is 0.264 e. The quantitative estimate of drug-likeness (QED) is 0.393. The third-order valence-electron chi connectivity index (χ3n) is 5.16. The van der Waals surface area contributed by atoms with Crippen LogP contribution in [0.3, 0.4) is 0 Å². The van der Waals surface area contributed by atoms with Gasteiger partial charge in [0.2, 0.25) is 5.95 Å². The molecule has 0 amide bonds. The summed E-state index contributed by atoms with van der Waals surface area (Å²) < 4.78 is 29.2. The molecule has 2 aromatic heterocycles. The monoisotopic (exact) mass is 499 g/mol. The SMILES string of the molecule is Nc1nc(NC2Cc3ccccc3N(S(=O)(=O)c3cccc(Br)c3)C2)c2cn[nH]c2n1. The molecule has 1 aliphatic heterocycles. The molecule has 0 saturated carbocycles. The molecule has 4 aromatic rings. The highest BCUT2D eigenvalue weighted by atomic mass is 79.9. The van der Waals surface area contributed by atoms with E-state index in [2.05, 4.69) is 41.4 Å². The van der Waals surface area contributed by atoms with E-state index in [9.17, 15) is 8.42 Å². The third-order valence-corrected chi connectivity index (χ3v) is 7.43. The first-order valence-corrected chi connectivity index (χ1v) is 11.7. The van der Waals surface area contributed by atoms with Gasteiger partial charge in [-0.3, -0.25) is 9.40 Å². The first kappa shape index (κ1) is 19.8. The van der Waals surface area contributed by atoms with E-state index in [1.54, 1.807) is 30.5 Å². The first-order valence-electron chi connectivity index (χ1n) is 9.51. The molecule has 0 radical (unpaired) electrons. The normalized spacial score (nSPS) is 16.3. The Hall–Kier alpha value is -3.18. The van der Waals surface area contributed by atoms with Gasteiger partial charge in [0, 0.05) is 4.47 Å². The number of nitrogen functional groups attached to an aromatic ring is 1. The summed E-state index contributed by atoms with van der Waals surface area (Å²) in [5.74, 6) is 0.620. The van der Waals surface area contributed by atoms with Crippen LogP contribution in [0.15, 0.2) is 64.1 Å². The van der Waals surface area contributed by atoms with Crippen molar-refractivity contribution in [1.82, 2.24) is 20.2 Å². The third kappa shape index (κ3) is 3.59. The number of fused-ring (bicyclic) bond motifs is 2. The van der Waals surface area contributed by atoms with Crippen LogP contribution in [0.1, 0.15) is 5.56 Å². The lowest BCUT2D eigenvalue weighted by atomic mass is 9.99. The lowest BCUT2D eigenvalue weighted by molar-refractivity contribution is 0.581. The van der Waals surface area contributed by atoms with Crippen molar-refractivity contribution in [2.45, 2.75) is 17.4 Å².